The van der Waals surface area contributed by atoms with Crippen LogP contribution in [0.15, 0.2) is 0 Å². The molecule has 2 saturated carbocycles. The van der Waals surface area contributed by atoms with E-state index < -0.39 is 0 Å². The van der Waals surface area contributed by atoms with Crippen LogP contribution in [0.3, 0.4) is 0 Å². The highest BCUT2D eigenvalue weighted by molar-refractivity contribution is 5.05. The molecule has 2 bridgehead atoms. The Balaban J connectivity index is 1.99. The maximum absolute atomic E-state index is 6.55. The summed E-state index contributed by atoms with van der Waals surface area (Å²) in [5.74, 6) is 3.52. The predicted octanol–water partition coefficient (Wildman–Crippen LogP) is 4.02. The van der Waals surface area contributed by atoms with Gasteiger partial charge in [-0.15, -0.1) is 0 Å². The van der Waals surface area contributed by atoms with Crippen molar-refractivity contribution in [2.24, 2.45) is 23.7 Å². The summed E-state index contributed by atoms with van der Waals surface area (Å²) >= 11 is 0. The van der Waals surface area contributed by atoms with Crippen molar-refractivity contribution in [3.05, 3.63) is 0 Å². The summed E-state index contributed by atoms with van der Waals surface area (Å²) in [6, 6.07) is 0. The van der Waals surface area contributed by atoms with E-state index in [1.807, 2.05) is 0 Å². The summed E-state index contributed by atoms with van der Waals surface area (Å²) < 4.78 is 6.55. The highest BCUT2D eigenvalue weighted by Gasteiger charge is 2.56. The van der Waals surface area contributed by atoms with Gasteiger partial charge in [0.2, 0.25) is 0 Å². The third kappa shape index (κ3) is 1.40. The number of rotatable bonds is 0. The monoisotopic (exact) mass is 222 g/mol. The summed E-state index contributed by atoms with van der Waals surface area (Å²) in [6.07, 6.45) is 6.96. The van der Waals surface area contributed by atoms with Gasteiger partial charge in [-0.3, -0.25) is 0 Å². The van der Waals surface area contributed by atoms with Gasteiger partial charge in [0.05, 0.1) is 11.2 Å². The molecule has 0 amide bonds. The fourth-order valence-electron chi connectivity index (χ4n) is 4.96. The summed E-state index contributed by atoms with van der Waals surface area (Å²) in [5, 5.41) is 0. The summed E-state index contributed by atoms with van der Waals surface area (Å²) in [7, 11) is 0. The molecular formula is C15H26O. The number of fused-ring (bicyclic) bond motifs is 2. The van der Waals surface area contributed by atoms with E-state index in [0.29, 0.717) is 0 Å². The summed E-state index contributed by atoms with van der Waals surface area (Å²) in [6.45, 7) is 9.50. The third-order valence-corrected chi connectivity index (χ3v) is 5.99. The molecule has 0 radical (unpaired) electrons. The van der Waals surface area contributed by atoms with E-state index in [9.17, 15) is 0 Å². The Labute approximate surface area is 99.9 Å². The van der Waals surface area contributed by atoms with Crippen LogP contribution in [-0.2, 0) is 4.74 Å². The van der Waals surface area contributed by atoms with Gasteiger partial charge >= 0.3 is 0 Å². The molecule has 0 N–H and O–H groups in total. The first-order valence-corrected chi connectivity index (χ1v) is 7.12. The van der Waals surface area contributed by atoms with Crippen LogP contribution in [0.5, 0.6) is 0 Å². The zero-order valence-electron chi connectivity index (χ0n) is 11.3. The molecule has 1 nitrogen and oxygen atoms in total. The fraction of sp³-hybridized carbons (Fsp3) is 1.00. The highest BCUT2D eigenvalue weighted by Crippen LogP contribution is 2.58. The first-order valence-electron chi connectivity index (χ1n) is 7.12. The molecule has 0 aromatic carbocycles. The van der Waals surface area contributed by atoms with E-state index in [1.165, 1.54) is 32.1 Å². The minimum absolute atomic E-state index is 0.122. The Hall–Kier alpha value is -0.0400. The minimum Gasteiger partial charge on any atom is -0.369 e. The first kappa shape index (κ1) is 11.1. The van der Waals surface area contributed by atoms with Crippen molar-refractivity contribution in [1.29, 1.82) is 0 Å². The van der Waals surface area contributed by atoms with Gasteiger partial charge in [0.1, 0.15) is 0 Å². The molecule has 2 aliphatic carbocycles. The van der Waals surface area contributed by atoms with Gasteiger partial charge in [0.25, 0.3) is 0 Å². The lowest BCUT2D eigenvalue weighted by Crippen LogP contribution is -2.49. The van der Waals surface area contributed by atoms with Gasteiger partial charge < -0.3 is 4.74 Å². The second-order valence-electron chi connectivity index (χ2n) is 7.31. The summed E-state index contributed by atoms with van der Waals surface area (Å²) in [5.41, 5.74) is 0.309. The average Bonchev–Trinajstić information content (AvgIpc) is 2.41. The van der Waals surface area contributed by atoms with Gasteiger partial charge in [-0.1, -0.05) is 13.3 Å². The molecule has 4 rings (SSSR count). The molecule has 4 aliphatic rings. The number of ether oxygens (including phenoxy) is 1. The van der Waals surface area contributed by atoms with Crippen LogP contribution in [0.4, 0.5) is 0 Å². The normalized spacial score (nSPS) is 54.8. The largest absolute Gasteiger partial charge is 0.369 e. The molecule has 4 fully saturated rings. The van der Waals surface area contributed by atoms with E-state index in [2.05, 4.69) is 27.7 Å². The van der Waals surface area contributed by atoms with E-state index in [0.717, 1.165) is 23.7 Å². The number of hydrogen-bond donors (Lipinski definition) is 0. The highest BCUT2D eigenvalue weighted by atomic mass is 16.5. The molecule has 1 heteroatoms. The lowest BCUT2D eigenvalue weighted by atomic mass is 9.78. The first-order chi connectivity index (χ1) is 7.42. The lowest BCUT2D eigenvalue weighted by Gasteiger charge is -2.47. The van der Waals surface area contributed by atoms with Gasteiger partial charge in [-0.25, -0.2) is 0 Å². The molecule has 16 heavy (non-hydrogen) atoms. The zero-order chi connectivity index (χ0) is 11.6. The fourth-order valence-corrected chi connectivity index (χ4v) is 4.96. The van der Waals surface area contributed by atoms with Crippen LogP contribution in [0, 0.1) is 23.7 Å². The van der Waals surface area contributed by atoms with Crippen LogP contribution in [0.1, 0.15) is 59.8 Å². The molecular weight excluding hydrogens is 196 g/mol. The molecule has 2 saturated heterocycles. The van der Waals surface area contributed by atoms with E-state index >= 15 is 0 Å². The Morgan fingerprint density at radius 3 is 2.50 bits per heavy atom. The SMILES string of the molecule is CC1CCC2C1C[C@H]1CCC2(C)OC1(C)C. The smallest absolute Gasteiger partial charge is 0.0692 e. The van der Waals surface area contributed by atoms with Crippen LogP contribution in [0.2, 0.25) is 0 Å². The van der Waals surface area contributed by atoms with E-state index in [4.69, 9.17) is 4.74 Å². The molecule has 4 unspecified atom stereocenters. The second kappa shape index (κ2) is 3.25. The Morgan fingerprint density at radius 1 is 1.06 bits per heavy atom. The van der Waals surface area contributed by atoms with Crippen LogP contribution in [0.25, 0.3) is 0 Å². The molecule has 2 heterocycles. The maximum atomic E-state index is 6.55. The molecule has 0 spiro atoms. The van der Waals surface area contributed by atoms with Gasteiger partial charge in [-0.05, 0) is 70.1 Å². The van der Waals surface area contributed by atoms with Crippen LogP contribution in [-0.4, -0.2) is 11.2 Å². The second-order valence-corrected chi connectivity index (χ2v) is 7.31. The van der Waals surface area contributed by atoms with E-state index in [-0.39, 0.29) is 11.2 Å². The lowest BCUT2D eigenvalue weighted by molar-refractivity contribution is -0.199. The molecule has 92 valence electrons. The maximum Gasteiger partial charge on any atom is 0.0692 e. The average molecular weight is 222 g/mol. The predicted molar refractivity (Wildman–Crippen MR) is 66.3 cm³/mol. The zero-order valence-corrected chi connectivity index (χ0v) is 11.3. The van der Waals surface area contributed by atoms with Crippen LogP contribution >= 0.6 is 0 Å². The van der Waals surface area contributed by atoms with Gasteiger partial charge in [0, 0.05) is 0 Å². The van der Waals surface area contributed by atoms with Crippen molar-refractivity contribution in [1.82, 2.24) is 0 Å². The molecule has 0 aromatic heterocycles. The van der Waals surface area contributed by atoms with Crippen molar-refractivity contribution in [2.45, 2.75) is 71.0 Å². The van der Waals surface area contributed by atoms with Crippen molar-refractivity contribution in [3.8, 4) is 0 Å². The van der Waals surface area contributed by atoms with Crippen LogP contribution < -0.4 is 0 Å². The van der Waals surface area contributed by atoms with Crippen molar-refractivity contribution in [3.63, 3.8) is 0 Å². The number of hydrogen-bond acceptors (Lipinski definition) is 1. The topological polar surface area (TPSA) is 9.23 Å². The Morgan fingerprint density at radius 2 is 1.81 bits per heavy atom. The Bertz CT molecular complexity index is 296. The van der Waals surface area contributed by atoms with Crippen molar-refractivity contribution in [2.75, 3.05) is 0 Å². The minimum atomic E-state index is 0.122. The quantitative estimate of drug-likeness (QED) is 0.601. The molecule has 5 atom stereocenters. The van der Waals surface area contributed by atoms with Crippen molar-refractivity contribution >= 4 is 0 Å². The summed E-state index contributed by atoms with van der Waals surface area (Å²) in [4.78, 5) is 0. The molecule has 2 aliphatic heterocycles. The van der Waals surface area contributed by atoms with E-state index in [1.54, 1.807) is 0 Å². The van der Waals surface area contributed by atoms with Gasteiger partial charge in [-0.2, -0.15) is 0 Å². The molecule has 0 aromatic rings. The van der Waals surface area contributed by atoms with Crippen molar-refractivity contribution < 1.29 is 4.74 Å². The van der Waals surface area contributed by atoms with Gasteiger partial charge in [0.15, 0.2) is 0 Å². The third-order valence-electron chi connectivity index (χ3n) is 5.99. The Kier molecular flexibility index (Phi) is 2.25. The standard InChI is InChI=1S/C15H26O/c1-10-5-6-13-12(10)9-11-7-8-15(13,4)16-14(11,2)3/h10-13H,5-9H2,1-4H3/t10?,11-,12?,13?,15?/m1/s1.